The lowest BCUT2D eigenvalue weighted by atomic mass is 9.99. The Morgan fingerprint density at radius 1 is 1.28 bits per heavy atom. The Kier molecular flexibility index (Phi) is 5.23. The third-order valence-electron chi connectivity index (χ3n) is 4.98. The number of rotatable bonds is 3. The van der Waals surface area contributed by atoms with Crippen molar-refractivity contribution < 1.29 is 14.3 Å². The number of carbonyl (C=O) groups is 1. The summed E-state index contributed by atoms with van der Waals surface area (Å²) in [4.78, 5) is 16.5. The zero-order valence-corrected chi connectivity index (χ0v) is 15.9. The van der Waals surface area contributed by atoms with Crippen molar-refractivity contribution in [2.45, 2.75) is 58.2 Å². The van der Waals surface area contributed by atoms with E-state index in [4.69, 9.17) is 9.47 Å². The fraction of sp³-hybridized carbons (Fsp3) is 0.650. The highest BCUT2D eigenvalue weighted by molar-refractivity contribution is 5.69. The van der Waals surface area contributed by atoms with Crippen LogP contribution in [-0.4, -0.2) is 54.3 Å². The third-order valence-corrected chi connectivity index (χ3v) is 4.98. The van der Waals surface area contributed by atoms with Crippen molar-refractivity contribution in [2.75, 3.05) is 26.7 Å². The Morgan fingerprint density at radius 3 is 2.76 bits per heavy atom. The van der Waals surface area contributed by atoms with Crippen LogP contribution in [0.25, 0.3) is 0 Å². The van der Waals surface area contributed by atoms with Gasteiger partial charge in [0.1, 0.15) is 18.0 Å². The van der Waals surface area contributed by atoms with Gasteiger partial charge in [-0.25, -0.2) is 4.79 Å². The van der Waals surface area contributed by atoms with Crippen molar-refractivity contribution in [3.8, 4) is 5.75 Å². The molecule has 3 rings (SSSR count). The van der Waals surface area contributed by atoms with Gasteiger partial charge in [-0.15, -0.1) is 0 Å². The van der Waals surface area contributed by atoms with Crippen LogP contribution >= 0.6 is 0 Å². The van der Waals surface area contributed by atoms with Gasteiger partial charge in [0.25, 0.3) is 0 Å². The van der Waals surface area contributed by atoms with Crippen LogP contribution in [0.3, 0.4) is 0 Å². The normalized spacial score (nSPS) is 21.1. The van der Waals surface area contributed by atoms with Crippen molar-refractivity contribution in [1.82, 2.24) is 9.80 Å². The highest BCUT2D eigenvalue weighted by Crippen LogP contribution is 2.29. The summed E-state index contributed by atoms with van der Waals surface area (Å²) in [6, 6.07) is 6.67. The fourth-order valence-corrected chi connectivity index (χ4v) is 3.57. The lowest BCUT2D eigenvalue weighted by molar-refractivity contribution is 0.0223. The topological polar surface area (TPSA) is 42.0 Å². The zero-order valence-electron chi connectivity index (χ0n) is 15.9. The van der Waals surface area contributed by atoms with Crippen molar-refractivity contribution >= 4 is 6.09 Å². The molecule has 25 heavy (non-hydrogen) atoms. The van der Waals surface area contributed by atoms with Crippen molar-refractivity contribution in [2.24, 2.45) is 0 Å². The first-order chi connectivity index (χ1) is 11.8. The first-order valence-electron chi connectivity index (χ1n) is 9.25. The molecule has 0 spiro atoms. The van der Waals surface area contributed by atoms with Gasteiger partial charge in [-0.1, -0.05) is 12.1 Å². The molecule has 1 aromatic carbocycles. The van der Waals surface area contributed by atoms with E-state index in [1.54, 1.807) is 4.90 Å². The van der Waals surface area contributed by atoms with Crippen molar-refractivity contribution in [1.29, 1.82) is 0 Å². The standard InChI is InChI=1S/C20H30N2O3/c1-20(2,3)25-19(23)22-12-10-17-15(13-22)7-5-9-18(17)24-14-16-8-6-11-21(16)4/h5,7,9,16H,6,8,10-14H2,1-4H3/t16-/m1/s1. The first-order valence-corrected chi connectivity index (χ1v) is 9.25. The highest BCUT2D eigenvalue weighted by Gasteiger charge is 2.27. The largest absolute Gasteiger partial charge is 0.492 e. The molecule has 1 fully saturated rings. The van der Waals surface area contributed by atoms with Gasteiger partial charge in [0.15, 0.2) is 0 Å². The Bertz CT molecular complexity index is 624. The van der Waals surface area contributed by atoms with E-state index in [1.165, 1.54) is 18.4 Å². The lowest BCUT2D eigenvalue weighted by Gasteiger charge is -2.32. The van der Waals surface area contributed by atoms with Crippen LogP contribution in [0.15, 0.2) is 18.2 Å². The molecule has 5 heteroatoms. The van der Waals surface area contributed by atoms with Crippen molar-refractivity contribution in [3.05, 3.63) is 29.3 Å². The van der Waals surface area contributed by atoms with Crippen LogP contribution in [0.5, 0.6) is 5.75 Å². The number of benzene rings is 1. The summed E-state index contributed by atoms with van der Waals surface area (Å²) in [7, 11) is 2.17. The molecule has 0 aromatic heterocycles. The first kappa shape index (κ1) is 18.1. The second-order valence-electron chi connectivity index (χ2n) is 8.13. The predicted molar refractivity (Wildman–Crippen MR) is 97.9 cm³/mol. The molecule has 1 atom stereocenters. The van der Waals surface area contributed by atoms with E-state index < -0.39 is 5.60 Å². The fourth-order valence-electron chi connectivity index (χ4n) is 3.57. The molecule has 0 aliphatic carbocycles. The number of carbonyl (C=O) groups excluding carboxylic acids is 1. The average Bonchev–Trinajstić information content (AvgIpc) is 2.96. The molecule has 1 saturated heterocycles. The molecule has 0 unspecified atom stereocenters. The third kappa shape index (κ3) is 4.46. The molecule has 1 aromatic rings. The predicted octanol–water partition coefficient (Wildman–Crippen LogP) is 3.45. The minimum Gasteiger partial charge on any atom is -0.492 e. The number of hydrogen-bond acceptors (Lipinski definition) is 4. The molecule has 0 N–H and O–H groups in total. The summed E-state index contributed by atoms with van der Waals surface area (Å²) in [6.45, 7) is 8.85. The van der Waals surface area contributed by atoms with Crippen LogP contribution in [0.1, 0.15) is 44.7 Å². The molecule has 0 saturated carbocycles. The van der Waals surface area contributed by atoms with E-state index >= 15 is 0 Å². The van der Waals surface area contributed by atoms with Gasteiger partial charge >= 0.3 is 6.09 Å². The number of likely N-dealkylation sites (N-methyl/N-ethyl adjacent to an activating group) is 1. The van der Waals surface area contributed by atoms with Crippen LogP contribution in [0.4, 0.5) is 4.79 Å². The number of hydrogen-bond donors (Lipinski definition) is 0. The number of fused-ring (bicyclic) bond motifs is 1. The minimum atomic E-state index is -0.463. The molecule has 0 bridgehead atoms. The summed E-state index contributed by atoms with van der Waals surface area (Å²) in [5.41, 5.74) is 1.94. The molecule has 0 radical (unpaired) electrons. The van der Waals surface area contributed by atoms with Crippen LogP contribution in [0, 0.1) is 0 Å². The molecule has 1 amide bonds. The average molecular weight is 346 g/mol. The Balaban J connectivity index is 1.65. The molecule has 2 heterocycles. The lowest BCUT2D eigenvalue weighted by Crippen LogP contribution is -2.40. The Morgan fingerprint density at radius 2 is 2.08 bits per heavy atom. The Labute approximate surface area is 150 Å². The SMILES string of the molecule is CN1CCC[C@@H]1COc1cccc2c1CCN(C(=O)OC(C)(C)C)C2. The number of likely N-dealkylation sites (tertiary alicyclic amines) is 1. The smallest absolute Gasteiger partial charge is 0.410 e. The molecule has 5 nitrogen and oxygen atoms in total. The minimum absolute atomic E-state index is 0.239. The molecule has 138 valence electrons. The Hall–Kier alpha value is -1.75. The van der Waals surface area contributed by atoms with Gasteiger partial charge in [-0.2, -0.15) is 0 Å². The summed E-state index contributed by atoms with van der Waals surface area (Å²) in [5.74, 6) is 0.974. The summed E-state index contributed by atoms with van der Waals surface area (Å²) >= 11 is 0. The summed E-state index contributed by atoms with van der Waals surface area (Å²) < 4.78 is 11.7. The maximum absolute atomic E-state index is 12.3. The monoisotopic (exact) mass is 346 g/mol. The van der Waals surface area contributed by atoms with Crippen molar-refractivity contribution in [3.63, 3.8) is 0 Å². The van der Waals surface area contributed by atoms with Gasteiger partial charge in [0.05, 0.1) is 0 Å². The number of ether oxygens (including phenoxy) is 2. The second-order valence-corrected chi connectivity index (χ2v) is 8.13. The van der Waals surface area contributed by atoms with Crippen LogP contribution < -0.4 is 4.74 Å². The van der Waals surface area contributed by atoms with Gasteiger partial charge < -0.3 is 19.3 Å². The second kappa shape index (κ2) is 7.24. The van der Waals surface area contributed by atoms with E-state index in [1.807, 2.05) is 26.8 Å². The zero-order chi connectivity index (χ0) is 18.0. The van der Waals surface area contributed by atoms with E-state index in [0.29, 0.717) is 19.1 Å². The number of nitrogens with zero attached hydrogens (tertiary/aromatic N) is 2. The van der Waals surface area contributed by atoms with Gasteiger partial charge in [-0.05, 0) is 65.3 Å². The van der Waals surface area contributed by atoms with E-state index in [9.17, 15) is 4.79 Å². The summed E-state index contributed by atoms with van der Waals surface area (Å²) in [5, 5.41) is 0. The quantitative estimate of drug-likeness (QED) is 0.841. The van der Waals surface area contributed by atoms with E-state index in [-0.39, 0.29) is 6.09 Å². The maximum atomic E-state index is 12.3. The molecular formula is C20H30N2O3. The maximum Gasteiger partial charge on any atom is 0.410 e. The highest BCUT2D eigenvalue weighted by atomic mass is 16.6. The molecular weight excluding hydrogens is 316 g/mol. The van der Waals surface area contributed by atoms with Crippen LogP contribution in [0.2, 0.25) is 0 Å². The van der Waals surface area contributed by atoms with E-state index in [0.717, 1.165) is 30.9 Å². The summed E-state index contributed by atoms with van der Waals surface area (Å²) in [6.07, 6.45) is 3.03. The van der Waals surface area contributed by atoms with Crippen LogP contribution in [-0.2, 0) is 17.7 Å². The molecule has 2 aliphatic heterocycles. The van der Waals surface area contributed by atoms with Gasteiger partial charge in [0.2, 0.25) is 0 Å². The number of amides is 1. The van der Waals surface area contributed by atoms with Gasteiger partial charge in [0, 0.05) is 24.7 Å². The molecule has 2 aliphatic rings. The van der Waals surface area contributed by atoms with E-state index in [2.05, 4.69) is 24.1 Å². The van der Waals surface area contributed by atoms with Gasteiger partial charge in [-0.3, -0.25) is 0 Å².